The molecule has 0 saturated carbocycles. The molecule has 9 nitrogen and oxygen atoms in total. The van der Waals surface area contributed by atoms with Crippen molar-refractivity contribution >= 4 is 44.5 Å². The van der Waals surface area contributed by atoms with Crippen LogP contribution in [0.2, 0.25) is 0 Å². The number of aromatic nitrogens is 3. The molecular weight excluding hydrogens is 570 g/mol. The van der Waals surface area contributed by atoms with Crippen molar-refractivity contribution in [3.63, 3.8) is 0 Å². The molecule has 210 valence electrons. The summed E-state index contributed by atoms with van der Waals surface area (Å²) < 4.78 is 6.75. The number of carbonyl (C=O) groups excluding carboxylic acids is 1. The van der Waals surface area contributed by atoms with Crippen LogP contribution < -0.4 is 15.4 Å². The average molecular weight is 607 g/mol. The van der Waals surface area contributed by atoms with E-state index in [0.29, 0.717) is 36.0 Å². The first-order valence-electron chi connectivity index (χ1n) is 13.5. The van der Waals surface area contributed by atoms with E-state index in [-0.39, 0.29) is 5.91 Å². The Bertz CT molecular complexity index is 1430. The topological polar surface area (TPSA) is 95.5 Å². The molecular formula is C30H36BrN7O2. The number of rotatable bonds is 13. The number of hydrogen-bond donors (Lipinski definition) is 2. The molecule has 0 spiro atoms. The highest BCUT2D eigenvalue weighted by atomic mass is 79.9. The zero-order chi connectivity index (χ0) is 28.5. The number of amides is 1. The van der Waals surface area contributed by atoms with Crippen molar-refractivity contribution in [2.24, 2.45) is 0 Å². The molecule has 0 bridgehead atoms. The second-order valence-corrected chi connectivity index (χ2v) is 10.4. The Balaban J connectivity index is 1.55. The van der Waals surface area contributed by atoms with Crippen molar-refractivity contribution in [1.29, 1.82) is 0 Å². The first-order chi connectivity index (χ1) is 19.4. The molecule has 0 atom stereocenters. The van der Waals surface area contributed by atoms with E-state index < -0.39 is 0 Å². The van der Waals surface area contributed by atoms with Gasteiger partial charge in [0.15, 0.2) is 5.65 Å². The van der Waals surface area contributed by atoms with Gasteiger partial charge >= 0.3 is 0 Å². The van der Waals surface area contributed by atoms with Crippen molar-refractivity contribution in [2.45, 2.75) is 13.8 Å². The highest BCUT2D eigenvalue weighted by Crippen LogP contribution is 2.32. The van der Waals surface area contributed by atoms with E-state index in [4.69, 9.17) is 9.72 Å². The number of pyridine rings is 1. The second kappa shape index (κ2) is 14.2. The number of fused-ring (bicyclic) bond motifs is 1. The standard InChI is InChI=1S/C30H36BrN7O2/c1-5-38(6-2)17-18-40-23-13-11-22(12-14-23)34-30-33-20-21-19-25(24-9-7-8-10-26(24)31)27(35-28(21)36-30)29(39)32-15-16-37(3)4/h7-14,19-20H,5-6,15-18H2,1-4H3,(H,32,39)(H,33,34,35,36). The molecule has 0 radical (unpaired) electrons. The fraction of sp³-hybridized carbons (Fsp3) is 0.333. The zero-order valence-electron chi connectivity index (χ0n) is 23.4. The molecule has 10 heteroatoms. The maximum Gasteiger partial charge on any atom is 0.270 e. The number of halogens is 1. The Morgan fingerprint density at radius 3 is 2.42 bits per heavy atom. The zero-order valence-corrected chi connectivity index (χ0v) is 25.0. The molecule has 0 aliphatic heterocycles. The summed E-state index contributed by atoms with van der Waals surface area (Å²) in [5, 5.41) is 6.94. The Hall–Kier alpha value is -3.60. The summed E-state index contributed by atoms with van der Waals surface area (Å²) in [7, 11) is 3.93. The van der Waals surface area contributed by atoms with E-state index in [0.717, 1.165) is 53.0 Å². The van der Waals surface area contributed by atoms with Gasteiger partial charge in [-0.1, -0.05) is 48.0 Å². The summed E-state index contributed by atoms with van der Waals surface area (Å²) in [4.78, 5) is 31.4. The van der Waals surface area contributed by atoms with Gasteiger partial charge in [0.2, 0.25) is 5.95 Å². The number of benzene rings is 2. The first kappa shape index (κ1) is 29.4. The van der Waals surface area contributed by atoms with Crippen LogP contribution in [0.15, 0.2) is 65.3 Å². The van der Waals surface area contributed by atoms with E-state index in [1.165, 1.54) is 0 Å². The van der Waals surface area contributed by atoms with Gasteiger partial charge in [-0.3, -0.25) is 4.79 Å². The lowest BCUT2D eigenvalue weighted by Gasteiger charge is -2.18. The summed E-state index contributed by atoms with van der Waals surface area (Å²) in [5.74, 6) is 0.949. The molecule has 1 amide bonds. The summed E-state index contributed by atoms with van der Waals surface area (Å²) in [5.41, 5.74) is 3.15. The van der Waals surface area contributed by atoms with Crippen LogP contribution in [-0.4, -0.2) is 84.1 Å². The maximum absolute atomic E-state index is 13.2. The predicted octanol–water partition coefficient (Wildman–Crippen LogP) is 5.21. The van der Waals surface area contributed by atoms with Crippen LogP contribution in [0.3, 0.4) is 0 Å². The molecule has 2 heterocycles. The number of nitrogens with one attached hydrogen (secondary N) is 2. The van der Waals surface area contributed by atoms with Gasteiger partial charge in [-0.15, -0.1) is 0 Å². The number of anilines is 2. The van der Waals surface area contributed by atoms with Crippen molar-refractivity contribution < 1.29 is 9.53 Å². The normalized spacial score (nSPS) is 11.3. The van der Waals surface area contributed by atoms with Gasteiger partial charge in [-0.05, 0) is 69.1 Å². The van der Waals surface area contributed by atoms with E-state index in [9.17, 15) is 4.79 Å². The van der Waals surface area contributed by atoms with Crippen molar-refractivity contribution in [3.05, 3.63) is 71.0 Å². The smallest absolute Gasteiger partial charge is 0.270 e. The van der Waals surface area contributed by atoms with E-state index >= 15 is 0 Å². The molecule has 2 aromatic heterocycles. The Kier molecular flexibility index (Phi) is 10.4. The van der Waals surface area contributed by atoms with Crippen LogP contribution in [0.25, 0.3) is 22.2 Å². The molecule has 0 fully saturated rings. The minimum atomic E-state index is -0.251. The average Bonchev–Trinajstić information content (AvgIpc) is 2.95. The molecule has 0 aliphatic carbocycles. The highest BCUT2D eigenvalue weighted by Gasteiger charge is 2.19. The first-order valence-corrected chi connectivity index (χ1v) is 14.2. The minimum absolute atomic E-state index is 0.251. The van der Waals surface area contributed by atoms with Crippen LogP contribution in [0.1, 0.15) is 24.3 Å². The van der Waals surface area contributed by atoms with Crippen LogP contribution in [0.4, 0.5) is 11.6 Å². The molecule has 40 heavy (non-hydrogen) atoms. The SMILES string of the molecule is CCN(CC)CCOc1ccc(Nc2ncc3cc(-c4ccccc4Br)c(C(=O)NCCN(C)C)nc3n2)cc1. The number of nitrogens with zero attached hydrogens (tertiary/aromatic N) is 5. The van der Waals surface area contributed by atoms with Crippen LogP contribution in [0, 0.1) is 0 Å². The molecule has 0 aliphatic rings. The van der Waals surface area contributed by atoms with Gasteiger partial charge < -0.3 is 25.2 Å². The van der Waals surface area contributed by atoms with Crippen LogP contribution in [0.5, 0.6) is 5.75 Å². The van der Waals surface area contributed by atoms with Gasteiger partial charge in [-0.2, -0.15) is 4.98 Å². The number of ether oxygens (including phenoxy) is 1. The van der Waals surface area contributed by atoms with Gasteiger partial charge in [-0.25, -0.2) is 9.97 Å². The second-order valence-electron chi connectivity index (χ2n) is 9.55. The fourth-order valence-corrected chi connectivity index (χ4v) is 4.65. The summed E-state index contributed by atoms with van der Waals surface area (Å²) in [6, 6.07) is 17.4. The summed E-state index contributed by atoms with van der Waals surface area (Å²) >= 11 is 3.61. The van der Waals surface area contributed by atoms with E-state index in [1.54, 1.807) is 6.20 Å². The lowest BCUT2D eigenvalue weighted by molar-refractivity contribution is 0.0947. The molecule has 2 aromatic carbocycles. The maximum atomic E-state index is 13.2. The van der Waals surface area contributed by atoms with Crippen LogP contribution in [-0.2, 0) is 0 Å². The van der Waals surface area contributed by atoms with E-state index in [2.05, 4.69) is 55.3 Å². The van der Waals surface area contributed by atoms with Gasteiger partial charge in [0.25, 0.3) is 5.91 Å². The predicted molar refractivity (Wildman–Crippen MR) is 164 cm³/mol. The molecule has 2 N–H and O–H groups in total. The fourth-order valence-electron chi connectivity index (χ4n) is 4.15. The third-order valence-corrected chi connectivity index (χ3v) is 7.16. The highest BCUT2D eigenvalue weighted by molar-refractivity contribution is 9.10. The molecule has 4 rings (SSSR count). The lowest BCUT2D eigenvalue weighted by atomic mass is 10.0. The third-order valence-electron chi connectivity index (χ3n) is 6.47. The summed E-state index contributed by atoms with van der Waals surface area (Å²) in [6.07, 6.45) is 1.72. The van der Waals surface area contributed by atoms with Crippen molar-refractivity contribution in [3.8, 4) is 16.9 Å². The Morgan fingerprint density at radius 1 is 0.975 bits per heavy atom. The lowest BCUT2D eigenvalue weighted by Crippen LogP contribution is -2.32. The monoisotopic (exact) mass is 605 g/mol. The minimum Gasteiger partial charge on any atom is -0.492 e. The van der Waals surface area contributed by atoms with Gasteiger partial charge in [0.1, 0.15) is 18.1 Å². The van der Waals surface area contributed by atoms with Crippen molar-refractivity contribution in [1.82, 2.24) is 30.1 Å². The number of likely N-dealkylation sites (N-methyl/N-ethyl adjacent to an activating group) is 2. The third kappa shape index (κ3) is 7.74. The Labute approximate surface area is 244 Å². The van der Waals surface area contributed by atoms with Gasteiger partial charge in [0, 0.05) is 46.9 Å². The summed E-state index contributed by atoms with van der Waals surface area (Å²) in [6.45, 7) is 9.08. The Morgan fingerprint density at radius 2 is 1.73 bits per heavy atom. The molecule has 0 saturated heterocycles. The quantitative estimate of drug-likeness (QED) is 0.214. The van der Waals surface area contributed by atoms with Crippen LogP contribution >= 0.6 is 15.9 Å². The van der Waals surface area contributed by atoms with Gasteiger partial charge in [0.05, 0.1) is 0 Å². The number of hydrogen-bond acceptors (Lipinski definition) is 8. The molecule has 4 aromatic rings. The molecule has 0 unspecified atom stereocenters. The van der Waals surface area contributed by atoms with Crippen molar-refractivity contribution in [2.75, 3.05) is 58.7 Å². The number of carbonyl (C=O) groups is 1. The van der Waals surface area contributed by atoms with E-state index in [1.807, 2.05) is 73.6 Å². The largest absolute Gasteiger partial charge is 0.492 e.